The lowest BCUT2D eigenvalue weighted by molar-refractivity contribution is 0.271. The summed E-state index contributed by atoms with van der Waals surface area (Å²) in [5, 5.41) is 17.4. The summed E-state index contributed by atoms with van der Waals surface area (Å²) >= 11 is 3.25. The molecule has 0 radical (unpaired) electrons. The minimum atomic E-state index is 0.165. The van der Waals surface area contributed by atoms with E-state index < -0.39 is 0 Å². The summed E-state index contributed by atoms with van der Waals surface area (Å²) in [6.45, 7) is 2.76. The van der Waals surface area contributed by atoms with Gasteiger partial charge in [0.15, 0.2) is 0 Å². The van der Waals surface area contributed by atoms with Crippen molar-refractivity contribution in [2.75, 3.05) is 7.05 Å². The molecule has 6 nitrogen and oxygen atoms in total. The maximum atomic E-state index is 9.74. The molecule has 96 valence electrons. The van der Waals surface area contributed by atoms with Gasteiger partial charge in [0.1, 0.15) is 5.75 Å². The van der Waals surface area contributed by atoms with Crippen LogP contribution in [0.1, 0.15) is 17.5 Å². The molecule has 7 heteroatoms. The van der Waals surface area contributed by atoms with E-state index in [1.165, 1.54) is 0 Å². The summed E-state index contributed by atoms with van der Waals surface area (Å²) in [7, 11) is 1.89. The molecule has 0 atom stereocenters. The van der Waals surface area contributed by atoms with E-state index in [2.05, 4.69) is 31.1 Å². The van der Waals surface area contributed by atoms with Crippen LogP contribution in [0, 0.1) is 6.92 Å². The number of hydrogen-bond acceptors (Lipinski definition) is 6. The van der Waals surface area contributed by atoms with Crippen molar-refractivity contribution in [2.45, 2.75) is 20.0 Å². The second-order valence-electron chi connectivity index (χ2n) is 4.01. The number of aryl methyl sites for hydroxylation is 1. The van der Waals surface area contributed by atoms with Gasteiger partial charge in [-0.1, -0.05) is 0 Å². The highest BCUT2D eigenvalue weighted by molar-refractivity contribution is 9.10. The van der Waals surface area contributed by atoms with Crippen molar-refractivity contribution >= 4 is 15.9 Å². The normalized spacial score (nSPS) is 11.1. The topological polar surface area (TPSA) is 75.3 Å². The summed E-state index contributed by atoms with van der Waals surface area (Å²) < 4.78 is 6.04. The van der Waals surface area contributed by atoms with Gasteiger partial charge in [0.05, 0.1) is 12.2 Å². The van der Waals surface area contributed by atoms with Gasteiger partial charge in [0.2, 0.25) is 11.8 Å². The molecule has 0 bridgehead atoms. The van der Waals surface area contributed by atoms with E-state index in [1.807, 2.05) is 11.9 Å². The van der Waals surface area contributed by atoms with Crippen molar-refractivity contribution in [3.05, 3.63) is 34.2 Å². The Kier molecular flexibility index (Phi) is 3.93. The van der Waals surface area contributed by atoms with Crippen LogP contribution in [0.2, 0.25) is 0 Å². The minimum absolute atomic E-state index is 0.165. The number of nitrogens with zero attached hydrogens (tertiary/aromatic N) is 4. The Morgan fingerprint density at radius 2 is 2.17 bits per heavy atom. The molecule has 18 heavy (non-hydrogen) atoms. The Balaban J connectivity index is 2.00. The molecular weight excluding hydrogens is 300 g/mol. The molecule has 0 aliphatic carbocycles. The zero-order valence-electron chi connectivity index (χ0n) is 10.1. The molecule has 0 spiro atoms. The van der Waals surface area contributed by atoms with Gasteiger partial charge in [-0.2, -0.15) is 0 Å². The molecule has 0 fully saturated rings. The van der Waals surface area contributed by atoms with Gasteiger partial charge in [-0.3, -0.25) is 9.88 Å². The van der Waals surface area contributed by atoms with Gasteiger partial charge < -0.3 is 9.52 Å². The minimum Gasteiger partial charge on any atom is -0.506 e. The zero-order chi connectivity index (χ0) is 13.1. The zero-order valence-corrected chi connectivity index (χ0v) is 11.7. The highest BCUT2D eigenvalue weighted by Gasteiger charge is 2.10. The molecule has 2 aromatic heterocycles. The summed E-state index contributed by atoms with van der Waals surface area (Å²) in [5.41, 5.74) is 0.608. The average molecular weight is 313 g/mol. The van der Waals surface area contributed by atoms with E-state index in [0.29, 0.717) is 30.6 Å². The van der Waals surface area contributed by atoms with E-state index in [1.54, 1.807) is 19.2 Å². The molecule has 2 rings (SSSR count). The summed E-state index contributed by atoms with van der Waals surface area (Å²) in [6.07, 6.45) is 1.65. The SMILES string of the molecule is Cc1nnc(CN(C)Cc2ncc(Br)cc2O)o1. The van der Waals surface area contributed by atoms with Crippen LogP contribution in [0.25, 0.3) is 0 Å². The fourth-order valence-corrected chi connectivity index (χ4v) is 1.84. The molecule has 0 aliphatic heterocycles. The van der Waals surface area contributed by atoms with Crippen LogP contribution in [-0.4, -0.2) is 32.2 Å². The molecular formula is C11H13BrN4O2. The van der Waals surface area contributed by atoms with E-state index >= 15 is 0 Å². The van der Waals surface area contributed by atoms with Gasteiger partial charge in [-0.05, 0) is 29.0 Å². The monoisotopic (exact) mass is 312 g/mol. The van der Waals surface area contributed by atoms with Crippen LogP contribution in [0.3, 0.4) is 0 Å². The predicted octanol–water partition coefficient (Wildman–Crippen LogP) is 1.87. The van der Waals surface area contributed by atoms with Crippen LogP contribution >= 0.6 is 15.9 Å². The third-order valence-electron chi connectivity index (χ3n) is 2.31. The van der Waals surface area contributed by atoms with Crippen molar-refractivity contribution in [1.29, 1.82) is 0 Å². The first kappa shape index (κ1) is 13.0. The predicted molar refractivity (Wildman–Crippen MR) is 67.8 cm³/mol. The lowest BCUT2D eigenvalue weighted by Crippen LogP contribution is -2.18. The molecule has 0 saturated heterocycles. The molecule has 0 aliphatic rings. The van der Waals surface area contributed by atoms with E-state index in [-0.39, 0.29) is 5.75 Å². The molecule has 1 N–H and O–H groups in total. The van der Waals surface area contributed by atoms with E-state index in [0.717, 1.165) is 4.47 Å². The molecule has 0 saturated carbocycles. The second-order valence-corrected chi connectivity index (χ2v) is 4.92. The fourth-order valence-electron chi connectivity index (χ4n) is 1.52. The fraction of sp³-hybridized carbons (Fsp3) is 0.364. The number of aromatic nitrogens is 3. The summed E-state index contributed by atoms with van der Waals surface area (Å²) in [5.74, 6) is 1.26. The maximum absolute atomic E-state index is 9.74. The van der Waals surface area contributed by atoms with Crippen molar-refractivity contribution in [2.24, 2.45) is 0 Å². The second kappa shape index (κ2) is 5.45. The van der Waals surface area contributed by atoms with Crippen molar-refractivity contribution < 1.29 is 9.52 Å². The Bertz CT molecular complexity index is 544. The molecule has 0 amide bonds. The molecule has 2 aromatic rings. The Morgan fingerprint density at radius 3 is 2.78 bits per heavy atom. The lowest BCUT2D eigenvalue weighted by Gasteiger charge is -2.14. The number of pyridine rings is 1. The first-order chi connectivity index (χ1) is 8.54. The third-order valence-corrected chi connectivity index (χ3v) is 2.74. The third kappa shape index (κ3) is 3.27. The molecule has 0 unspecified atom stereocenters. The smallest absolute Gasteiger partial charge is 0.230 e. The Labute approximate surface area is 113 Å². The highest BCUT2D eigenvalue weighted by atomic mass is 79.9. The number of aromatic hydroxyl groups is 1. The molecule has 0 aromatic carbocycles. The van der Waals surface area contributed by atoms with Crippen LogP contribution in [-0.2, 0) is 13.1 Å². The first-order valence-corrected chi connectivity index (χ1v) is 6.15. The largest absolute Gasteiger partial charge is 0.506 e. The van der Waals surface area contributed by atoms with Gasteiger partial charge in [-0.25, -0.2) is 0 Å². The Hall–Kier alpha value is -1.47. The van der Waals surface area contributed by atoms with Crippen molar-refractivity contribution in [1.82, 2.24) is 20.1 Å². The van der Waals surface area contributed by atoms with E-state index in [4.69, 9.17) is 4.42 Å². The van der Waals surface area contributed by atoms with Gasteiger partial charge >= 0.3 is 0 Å². The number of halogens is 1. The quantitative estimate of drug-likeness (QED) is 0.929. The number of rotatable bonds is 4. The lowest BCUT2D eigenvalue weighted by atomic mass is 10.3. The van der Waals surface area contributed by atoms with Crippen molar-refractivity contribution in [3.63, 3.8) is 0 Å². The van der Waals surface area contributed by atoms with Gasteiger partial charge in [0, 0.05) is 24.1 Å². The standard InChI is InChI=1S/C11H13BrN4O2/c1-7-14-15-11(18-7)6-16(2)5-9-10(17)3-8(12)4-13-9/h3-4,17H,5-6H2,1-2H3. The van der Waals surface area contributed by atoms with Crippen LogP contribution in [0.5, 0.6) is 5.75 Å². The van der Waals surface area contributed by atoms with Gasteiger partial charge in [-0.15, -0.1) is 10.2 Å². The molecule has 2 heterocycles. The summed E-state index contributed by atoms with van der Waals surface area (Å²) in [4.78, 5) is 6.09. The summed E-state index contributed by atoms with van der Waals surface area (Å²) in [6, 6.07) is 1.62. The first-order valence-electron chi connectivity index (χ1n) is 5.35. The number of hydrogen-bond donors (Lipinski definition) is 1. The van der Waals surface area contributed by atoms with Crippen LogP contribution in [0.15, 0.2) is 21.2 Å². The van der Waals surface area contributed by atoms with Crippen LogP contribution in [0.4, 0.5) is 0 Å². The highest BCUT2D eigenvalue weighted by Crippen LogP contribution is 2.21. The van der Waals surface area contributed by atoms with Gasteiger partial charge in [0.25, 0.3) is 0 Å². The van der Waals surface area contributed by atoms with Crippen LogP contribution < -0.4 is 0 Å². The van der Waals surface area contributed by atoms with E-state index in [9.17, 15) is 5.11 Å². The van der Waals surface area contributed by atoms with Crippen molar-refractivity contribution in [3.8, 4) is 5.75 Å². The maximum Gasteiger partial charge on any atom is 0.230 e. The Morgan fingerprint density at radius 1 is 1.39 bits per heavy atom. The average Bonchev–Trinajstić information content (AvgIpc) is 2.68.